The average Bonchev–Trinajstić information content (AvgIpc) is 2.32. The van der Waals surface area contributed by atoms with Crippen LogP contribution >= 0.6 is 0 Å². The maximum atomic E-state index is 13.4. The average molecular weight is 261 g/mol. The van der Waals surface area contributed by atoms with Crippen molar-refractivity contribution in [2.75, 3.05) is 6.54 Å². The Morgan fingerprint density at radius 2 is 1.83 bits per heavy atom. The number of hydrogen-bond acceptors (Lipinski definition) is 1. The van der Waals surface area contributed by atoms with E-state index in [1.165, 1.54) is 12.3 Å². The number of alkyl halides is 3. The molecule has 0 saturated carbocycles. The van der Waals surface area contributed by atoms with Crippen LogP contribution in [0.1, 0.15) is 17.5 Å². The van der Waals surface area contributed by atoms with Gasteiger partial charge in [0.05, 0.1) is 0 Å². The van der Waals surface area contributed by atoms with E-state index in [9.17, 15) is 22.0 Å². The fourth-order valence-electron chi connectivity index (χ4n) is 1.81. The minimum Gasteiger partial charge on any atom is -0.293 e. The van der Waals surface area contributed by atoms with Crippen LogP contribution < -0.4 is 0 Å². The Bertz CT molecular complexity index is 528. The summed E-state index contributed by atoms with van der Waals surface area (Å²) in [4.78, 5) is 3.83. The molecular formula is C12H8F5N. The molecule has 1 heterocycles. The first kappa shape index (κ1) is 12.7. The van der Waals surface area contributed by atoms with Crippen molar-refractivity contribution < 1.29 is 22.0 Å². The zero-order valence-corrected chi connectivity index (χ0v) is 9.06. The number of rotatable bonds is 1. The molecule has 1 nitrogen and oxygen atoms in total. The molecule has 0 fully saturated rings. The van der Waals surface area contributed by atoms with Crippen molar-refractivity contribution in [1.29, 1.82) is 0 Å². The Balaban J connectivity index is 2.64. The van der Waals surface area contributed by atoms with Crippen LogP contribution in [0, 0.1) is 11.6 Å². The second-order valence-corrected chi connectivity index (χ2v) is 3.78. The number of hydrogen-bond donors (Lipinski definition) is 0. The summed E-state index contributed by atoms with van der Waals surface area (Å²) in [5.41, 5.74) is -1.58. The first-order chi connectivity index (χ1) is 8.41. The summed E-state index contributed by atoms with van der Waals surface area (Å²) in [5, 5.41) is 0. The number of aliphatic imine (C=N–C) groups is 1. The summed E-state index contributed by atoms with van der Waals surface area (Å²) >= 11 is 0. The molecule has 1 aliphatic rings. The van der Waals surface area contributed by atoms with E-state index in [1.807, 2.05) is 0 Å². The van der Waals surface area contributed by atoms with Crippen LogP contribution in [0.25, 0.3) is 5.57 Å². The predicted molar refractivity (Wildman–Crippen MR) is 57.3 cm³/mol. The maximum absolute atomic E-state index is 13.4. The van der Waals surface area contributed by atoms with Crippen LogP contribution in [0.3, 0.4) is 0 Å². The first-order valence-electron chi connectivity index (χ1n) is 5.16. The van der Waals surface area contributed by atoms with Gasteiger partial charge in [0.25, 0.3) is 0 Å². The number of benzene rings is 1. The molecule has 96 valence electrons. The Morgan fingerprint density at radius 3 is 2.39 bits per heavy atom. The van der Waals surface area contributed by atoms with Crippen molar-refractivity contribution >= 4 is 11.8 Å². The smallest absolute Gasteiger partial charge is 0.293 e. The van der Waals surface area contributed by atoms with Gasteiger partial charge < -0.3 is 0 Å². The third-order valence-electron chi connectivity index (χ3n) is 2.62. The highest BCUT2D eigenvalue weighted by molar-refractivity contribution is 5.87. The Kier molecular flexibility index (Phi) is 3.19. The molecule has 0 spiro atoms. The molecule has 0 aliphatic carbocycles. The second kappa shape index (κ2) is 4.51. The molecule has 0 bridgehead atoms. The van der Waals surface area contributed by atoms with Crippen LogP contribution in [0.5, 0.6) is 0 Å². The second-order valence-electron chi connectivity index (χ2n) is 3.78. The SMILES string of the molecule is Fc1ccc(C2=CC=NCC2)c(C(F)(F)F)c1F. The lowest BCUT2D eigenvalue weighted by Gasteiger charge is -2.17. The van der Waals surface area contributed by atoms with Gasteiger partial charge >= 0.3 is 6.18 Å². The van der Waals surface area contributed by atoms with E-state index in [2.05, 4.69) is 4.99 Å². The standard InChI is InChI=1S/C12H8F5N/c13-9-2-1-8(7-3-5-18-6-4-7)10(11(9)14)12(15,16)17/h1-3,5H,4,6H2. The minimum atomic E-state index is -4.93. The molecule has 6 heteroatoms. The maximum Gasteiger partial charge on any atom is 0.419 e. The molecule has 0 N–H and O–H groups in total. The molecule has 1 aromatic carbocycles. The molecule has 0 aromatic heterocycles. The van der Waals surface area contributed by atoms with Crippen LogP contribution in [0.2, 0.25) is 0 Å². The van der Waals surface area contributed by atoms with Crippen molar-refractivity contribution in [3.05, 3.63) is 41.0 Å². The molecular weight excluding hydrogens is 253 g/mol. The van der Waals surface area contributed by atoms with Gasteiger partial charge in [-0.1, -0.05) is 6.07 Å². The predicted octanol–water partition coefficient (Wildman–Crippen LogP) is 3.84. The molecule has 0 unspecified atom stereocenters. The summed E-state index contributed by atoms with van der Waals surface area (Å²) in [6.45, 7) is 0.335. The molecule has 0 amide bonds. The fourth-order valence-corrected chi connectivity index (χ4v) is 1.81. The molecule has 18 heavy (non-hydrogen) atoms. The minimum absolute atomic E-state index is 0.269. The Hall–Kier alpha value is -1.72. The van der Waals surface area contributed by atoms with E-state index in [0.29, 0.717) is 18.2 Å². The first-order valence-corrected chi connectivity index (χ1v) is 5.16. The van der Waals surface area contributed by atoms with Gasteiger partial charge in [0.1, 0.15) is 5.56 Å². The van der Waals surface area contributed by atoms with Crippen molar-refractivity contribution in [2.45, 2.75) is 12.6 Å². The summed E-state index contributed by atoms with van der Waals surface area (Å²) in [6, 6.07) is 1.65. The highest BCUT2D eigenvalue weighted by atomic mass is 19.4. The highest BCUT2D eigenvalue weighted by Crippen LogP contribution is 2.38. The largest absolute Gasteiger partial charge is 0.419 e. The fraction of sp³-hybridized carbons (Fsp3) is 0.250. The molecule has 0 atom stereocenters. The molecule has 1 aromatic rings. The number of nitrogens with zero attached hydrogens (tertiary/aromatic N) is 1. The van der Waals surface area contributed by atoms with E-state index in [4.69, 9.17) is 0 Å². The molecule has 1 aliphatic heterocycles. The van der Waals surface area contributed by atoms with Crippen LogP contribution in [0.15, 0.2) is 23.2 Å². The van der Waals surface area contributed by atoms with Gasteiger partial charge in [-0.15, -0.1) is 0 Å². The molecule has 2 rings (SSSR count). The van der Waals surface area contributed by atoms with Gasteiger partial charge in [-0.25, -0.2) is 8.78 Å². The number of halogens is 5. The van der Waals surface area contributed by atoms with E-state index >= 15 is 0 Å². The van der Waals surface area contributed by atoms with Gasteiger partial charge in [0.15, 0.2) is 11.6 Å². The highest BCUT2D eigenvalue weighted by Gasteiger charge is 2.38. The van der Waals surface area contributed by atoms with E-state index in [-0.39, 0.29) is 12.0 Å². The van der Waals surface area contributed by atoms with Gasteiger partial charge in [0.2, 0.25) is 0 Å². The third-order valence-corrected chi connectivity index (χ3v) is 2.62. The summed E-state index contributed by atoms with van der Waals surface area (Å²) in [5.74, 6) is -3.36. The zero-order chi connectivity index (χ0) is 13.3. The van der Waals surface area contributed by atoms with Crippen LogP contribution in [0.4, 0.5) is 22.0 Å². The van der Waals surface area contributed by atoms with Crippen molar-refractivity contribution in [3.63, 3.8) is 0 Å². The Labute approximate surface area is 99.6 Å². The zero-order valence-electron chi connectivity index (χ0n) is 9.06. The monoisotopic (exact) mass is 261 g/mol. The van der Waals surface area contributed by atoms with Crippen molar-refractivity contribution in [1.82, 2.24) is 0 Å². The normalized spacial score (nSPS) is 15.7. The quantitative estimate of drug-likeness (QED) is 0.681. The summed E-state index contributed by atoms with van der Waals surface area (Å²) in [7, 11) is 0. The lowest BCUT2D eigenvalue weighted by molar-refractivity contribution is -0.140. The van der Waals surface area contributed by atoms with Gasteiger partial charge in [-0.2, -0.15) is 13.2 Å². The summed E-state index contributed by atoms with van der Waals surface area (Å²) < 4.78 is 64.6. The molecule has 0 radical (unpaired) electrons. The summed E-state index contributed by atoms with van der Waals surface area (Å²) in [6.07, 6.45) is -1.92. The van der Waals surface area contributed by atoms with Crippen LogP contribution in [-0.4, -0.2) is 12.8 Å². The van der Waals surface area contributed by atoms with Gasteiger partial charge in [-0.3, -0.25) is 4.99 Å². The number of allylic oxidation sites excluding steroid dienone is 1. The van der Waals surface area contributed by atoms with Gasteiger partial charge in [0, 0.05) is 12.8 Å². The van der Waals surface area contributed by atoms with Crippen molar-refractivity contribution in [2.24, 2.45) is 4.99 Å². The topological polar surface area (TPSA) is 12.4 Å². The van der Waals surface area contributed by atoms with Crippen molar-refractivity contribution in [3.8, 4) is 0 Å². The number of dihydropyridines is 1. The third kappa shape index (κ3) is 2.27. The van der Waals surface area contributed by atoms with E-state index in [1.54, 1.807) is 0 Å². The van der Waals surface area contributed by atoms with Gasteiger partial charge in [-0.05, 0) is 29.7 Å². The van der Waals surface area contributed by atoms with E-state index in [0.717, 1.165) is 6.07 Å². The lowest BCUT2D eigenvalue weighted by Crippen LogP contribution is -2.14. The lowest BCUT2D eigenvalue weighted by atomic mass is 9.95. The van der Waals surface area contributed by atoms with E-state index < -0.39 is 23.4 Å². The Morgan fingerprint density at radius 1 is 1.11 bits per heavy atom. The van der Waals surface area contributed by atoms with Crippen LogP contribution in [-0.2, 0) is 6.18 Å². The molecule has 0 saturated heterocycles.